The molecule has 1 heterocycles. The smallest absolute Gasteiger partial charge is 0.255 e. The summed E-state index contributed by atoms with van der Waals surface area (Å²) < 4.78 is 5.83. The Morgan fingerprint density at radius 3 is 2.70 bits per heavy atom. The van der Waals surface area contributed by atoms with Crippen molar-refractivity contribution in [3.63, 3.8) is 0 Å². The number of carbonyl (C=O) groups is 2. The third-order valence-electron chi connectivity index (χ3n) is 5.43. The average molecular weight is 370 g/mol. The Morgan fingerprint density at radius 2 is 2.00 bits per heavy atom. The third kappa shape index (κ3) is 5.12. The van der Waals surface area contributed by atoms with Crippen LogP contribution in [-0.2, 0) is 4.79 Å². The van der Waals surface area contributed by atoms with E-state index >= 15 is 0 Å². The molecule has 1 spiro atoms. The molecule has 3 rings (SSSR count). The van der Waals surface area contributed by atoms with E-state index in [9.17, 15) is 9.59 Å². The Hall–Kier alpha value is -2.30. The van der Waals surface area contributed by atoms with Crippen molar-refractivity contribution < 1.29 is 14.3 Å². The second kappa shape index (κ2) is 8.59. The quantitative estimate of drug-likeness (QED) is 0.784. The molecule has 1 fully saturated rings. The van der Waals surface area contributed by atoms with Crippen molar-refractivity contribution >= 4 is 11.8 Å². The molecule has 0 unspecified atom stereocenters. The Morgan fingerprint density at radius 1 is 1.22 bits per heavy atom. The van der Waals surface area contributed by atoms with Crippen LogP contribution in [0.1, 0.15) is 56.3 Å². The summed E-state index contributed by atoms with van der Waals surface area (Å²) in [4.78, 5) is 25.3. The number of hydrogen-bond acceptors (Lipinski definition) is 3. The summed E-state index contributed by atoms with van der Waals surface area (Å²) in [6, 6.07) is 7.22. The first-order valence-electron chi connectivity index (χ1n) is 9.94. The van der Waals surface area contributed by atoms with Crippen molar-refractivity contribution in [3.05, 3.63) is 42.0 Å². The van der Waals surface area contributed by atoms with Gasteiger partial charge in [0.05, 0.1) is 5.56 Å². The topological polar surface area (TPSA) is 67.4 Å². The van der Waals surface area contributed by atoms with Crippen LogP contribution >= 0.6 is 0 Å². The molecule has 0 bridgehead atoms. The summed E-state index contributed by atoms with van der Waals surface area (Å²) in [5.74, 6) is 0.908. The predicted molar refractivity (Wildman–Crippen MR) is 106 cm³/mol. The lowest BCUT2D eigenvalue weighted by Gasteiger charge is -2.39. The van der Waals surface area contributed by atoms with Crippen molar-refractivity contribution in [3.8, 4) is 5.75 Å². The zero-order chi connectivity index (χ0) is 19.3. The fraction of sp³-hybridized carbons (Fsp3) is 0.545. The van der Waals surface area contributed by atoms with Crippen LogP contribution in [0, 0.1) is 11.3 Å². The van der Waals surface area contributed by atoms with Crippen LogP contribution < -0.4 is 15.4 Å². The summed E-state index contributed by atoms with van der Waals surface area (Å²) in [6.45, 7) is 5.06. The zero-order valence-electron chi connectivity index (χ0n) is 16.3. The lowest BCUT2D eigenvalue weighted by atomic mass is 9.66. The molecule has 5 heteroatoms. The summed E-state index contributed by atoms with van der Waals surface area (Å²) in [6.07, 6.45) is 8.70. The van der Waals surface area contributed by atoms with E-state index in [4.69, 9.17) is 4.74 Å². The minimum atomic E-state index is -0.176. The molecule has 2 amide bonds. The van der Waals surface area contributed by atoms with Crippen molar-refractivity contribution in [2.24, 2.45) is 11.3 Å². The van der Waals surface area contributed by atoms with Crippen molar-refractivity contribution in [2.75, 3.05) is 13.2 Å². The van der Waals surface area contributed by atoms with Gasteiger partial charge in [-0.25, -0.2) is 0 Å². The van der Waals surface area contributed by atoms with Gasteiger partial charge in [-0.05, 0) is 42.7 Å². The number of benzene rings is 1. The van der Waals surface area contributed by atoms with Crippen LogP contribution in [0.4, 0.5) is 0 Å². The normalized spacial score (nSPS) is 24.0. The second-order valence-electron chi connectivity index (χ2n) is 8.21. The molecule has 1 aliphatic heterocycles. The first-order valence-corrected chi connectivity index (χ1v) is 9.94. The molecular weight excluding hydrogens is 340 g/mol. The second-order valence-corrected chi connectivity index (χ2v) is 8.21. The molecule has 2 aliphatic rings. The standard InChI is InChI=1S/C22H30N2O3/c1-16(2)13-17-15-23-21(26)18-7-3-4-8-19(18)27-12-6-11-22(9-5-10-22)14-20(25)24-17/h3-4,6-8,11,16-17H,5,9-10,12-15H2,1-2H3,(H,23,26)(H,24,25)/b11-6+/t17-/m0/s1. The molecule has 2 N–H and O–H groups in total. The highest BCUT2D eigenvalue weighted by atomic mass is 16.5. The fourth-order valence-corrected chi connectivity index (χ4v) is 3.92. The van der Waals surface area contributed by atoms with Gasteiger partial charge in [0.25, 0.3) is 5.91 Å². The number of fused-ring (bicyclic) bond motifs is 1. The number of hydrogen-bond donors (Lipinski definition) is 2. The average Bonchev–Trinajstić information content (AvgIpc) is 2.59. The Balaban J connectivity index is 1.83. The van der Waals surface area contributed by atoms with E-state index in [2.05, 4.69) is 30.6 Å². The molecule has 27 heavy (non-hydrogen) atoms. The zero-order valence-corrected chi connectivity index (χ0v) is 16.3. The van der Waals surface area contributed by atoms with Gasteiger partial charge in [-0.2, -0.15) is 0 Å². The van der Waals surface area contributed by atoms with Crippen LogP contribution in [-0.4, -0.2) is 31.0 Å². The van der Waals surface area contributed by atoms with E-state index in [1.54, 1.807) is 6.07 Å². The maximum absolute atomic E-state index is 12.6. The van der Waals surface area contributed by atoms with E-state index in [0.717, 1.165) is 25.7 Å². The van der Waals surface area contributed by atoms with Crippen LogP contribution in [0.3, 0.4) is 0 Å². The molecule has 0 saturated heterocycles. The summed E-state index contributed by atoms with van der Waals surface area (Å²) in [7, 11) is 0. The van der Waals surface area contributed by atoms with Gasteiger partial charge in [-0.3, -0.25) is 9.59 Å². The summed E-state index contributed by atoms with van der Waals surface area (Å²) in [5, 5.41) is 6.12. The minimum Gasteiger partial charge on any atom is -0.489 e. The molecule has 1 saturated carbocycles. The van der Waals surface area contributed by atoms with Gasteiger partial charge in [0.1, 0.15) is 12.4 Å². The molecule has 0 radical (unpaired) electrons. The van der Waals surface area contributed by atoms with Gasteiger partial charge in [0, 0.05) is 19.0 Å². The molecule has 1 aromatic rings. The number of amides is 2. The fourth-order valence-electron chi connectivity index (χ4n) is 3.92. The van der Waals surface area contributed by atoms with Gasteiger partial charge in [0.15, 0.2) is 0 Å². The summed E-state index contributed by atoms with van der Waals surface area (Å²) in [5.41, 5.74) is 0.485. The summed E-state index contributed by atoms with van der Waals surface area (Å²) >= 11 is 0. The van der Waals surface area contributed by atoms with E-state index in [1.807, 2.05) is 24.3 Å². The maximum Gasteiger partial charge on any atom is 0.255 e. The van der Waals surface area contributed by atoms with Crippen LogP contribution in [0.25, 0.3) is 0 Å². The minimum absolute atomic E-state index is 0.0390. The lowest BCUT2D eigenvalue weighted by molar-refractivity contribution is -0.124. The van der Waals surface area contributed by atoms with Gasteiger partial charge < -0.3 is 15.4 Å². The Bertz CT molecular complexity index is 707. The van der Waals surface area contributed by atoms with Crippen LogP contribution in [0.5, 0.6) is 5.75 Å². The van der Waals surface area contributed by atoms with Gasteiger partial charge in [-0.15, -0.1) is 0 Å². The van der Waals surface area contributed by atoms with Crippen LogP contribution in [0.2, 0.25) is 0 Å². The third-order valence-corrected chi connectivity index (χ3v) is 5.43. The first kappa shape index (κ1) is 19.5. The number of carbonyl (C=O) groups excluding carboxylic acids is 2. The number of rotatable bonds is 2. The molecule has 5 nitrogen and oxygen atoms in total. The molecule has 0 aromatic heterocycles. The maximum atomic E-state index is 12.6. The van der Waals surface area contributed by atoms with E-state index < -0.39 is 0 Å². The van der Waals surface area contributed by atoms with Crippen LogP contribution in [0.15, 0.2) is 36.4 Å². The van der Waals surface area contributed by atoms with Crippen molar-refractivity contribution in [1.82, 2.24) is 10.6 Å². The highest BCUT2D eigenvalue weighted by Crippen LogP contribution is 2.45. The van der Waals surface area contributed by atoms with Gasteiger partial charge >= 0.3 is 0 Å². The molecule has 146 valence electrons. The molecular formula is C22H30N2O3. The highest BCUT2D eigenvalue weighted by molar-refractivity contribution is 5.97. The van der Waals surface area contributed by atoms with Crippen molar-refractivity contribution in [1.29, 1.82) is 0 Å². The van der Waals surface area contributed by atoms with E-state index in [0.29, 0.717) is 36.8 Å². The number of allylic oxidation sites excluding steroid dienone is 1. The Labute approximate surface area is 161 Å². The molecule has 1 atom stereocenters. The van der Waals surface area contributed by atoms with Crippen molar-refractivity contribution in [2.45, 2.75) is 52.0 Å². The van der Waals surface area contributed by atoms with E-state index in [1.165, 1.54) is 0 Å². The lowest BCUT2D eigenvalue weighted by Crippen LogP contribution is -2.46. The number of para-hydroxylation sites is 1. The Kier molecular flexibility index (Phi) is 6.19. The van der Waals surface area contributed by atoms with E-state index in [-0.39, 0.29) is 23.3 Å². The largest absolute Gasteiger partial charge is 0.489 e. The number of ether oxygens (including phenoxy) is 1. The number of nitrogens with one attached hydrogen (secondary N) is 2. The monoisotopic (exact) mass is 370 g/mol. The molecule has 1 aromatic carbocycles. The highest BCUT2D eigenvalue weighted by Gasteiger charge is 2.36. The van der Waals surface area contributed by atoms with Gasteiger partial charge in [-0.1, -0.05) is 44.6 Å². The SMILES string of the molecule is CC(C)C[C@H]1CNC(=O)c2ccccc2OC/C=C/C2(CCC2)CC(=O)N1. The molecule has 1 aliphatic carbocycles. The predicted octanol–water partition coefficient (Wildman–Crippen LogP) is 3.46. The first-order chi connectivity index (χ1) is 13.0. The van der Waals surface area contributed by atoms with Gasteiger partial charge in [0.2, 0.25) is 5.91 Å².